The number of rotatable bonds is 11. The maximum Gasteiger partial charge on any atom is 0.262 e. The van der Waals surface area contributed by atoms with E-state index >= 15 is 4.39 Å². The van der Waals surface area contributed by atoms with Gasteiger partial charge in [0, 0.05) is 0 Å². The van der Waals surface area contributed by atoms with Gasteiger partial charge in [0.05, 0.1) is 39.2 Å². The zero-order valence-electron chi connectivity index (χ0n) is 20.7. The summed E-state index contributed by atoms with van der Waals surface area (Å²) in [7, 11) is 0. The molecule has 5 rings (SSSR count). The quantitative estimate of drug-likeness (QED) is 0.263. The number of halogens is 1. The minimum atomic E-state index is -2.03. The fraction of sp³-hybridized carbons (Fsp3) is 0.370. The molecule has 3 atom stereocenters. The second-order valence-corrected chi connectivity index (χ2v) is 9.42. The summed E-state index contributed by atoms with van der Waals surface area (Å²) in [6.45, 7) is 2.82. The van der Waals surface area contributed by atoms with Gasteiger partial charge in [0.1, 0.15) is 17.9 Å². The molecular formula is C27H29FN4O4S. The van der Waals surface area contributed by atoms with Crippen molar-refractivity contribution in [1.29, 1.82) is 0 Å². The highest BCUT2D eigenvalue weighted by molar-refractivity contribution is 7.98. The van der Waals surface area contributed by atoms with Gasteiger partial charge in [-0.2, -0.15) is 4.98 Å². The lowest BCUT2D eigenvalue weighted by molar-refractivity contribution is -0.0860. The SMILES string of the molecule is CCOc1nc(SC)nn2c(C3(F)CO[C@H](COCc4ccccc4)[C@H]3OCc3ccccc3)cnc12. The number of ether oxygens (including phenoxy) is 4. The van der Waals surface area contributed by atoms with Crippen LogP contribution in [-0.2, 0) is 33.1 Å². The van der Waals surface area contributed by atoms with Crippen molar-refractivity contribution in [2.24, 2.45) is 0 Å². The van der Waals surface area contributed by atoms with Crippen molar-refractivity contribution in [2.45, 2.75) is 43.2 Å². The lowest BCUT2D eigenvalue weighted by Crippen LogP contribution is -2.42. The number of aromatic nitrogens is 4. The largest absolute Gasteiger partial charge is 0.475 e. The Bertz CT molecular complexity index is 1310. The molecule has 1 aliphatic rings. The normalized spacial score (nSPS) is 21.5. The number of nitrogens with zero attached hydrogens (tertiary/aromatic N) is 4. The van der Waals surface area contributed by atoms with E-state index in [0.29, 0.717) is 29.9 Å². The van der Waals surface area contributed by atoms with E-state index in [1.165, 1.54) is 22.5 Å². The van der Waals surface area contributed by atoms with Gasteiger partial charge in [-0.1, -0.05) is 72.4 Å². The monoisotopic (exact) mass is 524 g/mol. The van der Waals surface area contributed by atoms with E-state index in [4.69, 9.17) is 18.9 Å². The van der Waals surface area contributed by atoms with Crippen molar-refractivity contribution in [2.75, 3.05) is 26.1 Å². The van der Waals surface area contributed by atoms with Crippen LogP contribution in [0.15, 0.2) is 72.0 Å². The van der Waals surface area contributed by atoms with Crippen LogP contribution in [0.5, 0.6) is 5.88 Å². The number of thioether (sulfide) groups is 1. The van der Waals surface area contributed by atoms with Gasteiger partial charge in [0.2, 0.25) is 16.5 Å². The summed E-state index contributed by atoms with van der Waals surface area (Å²) in [5, 5.41) is 4.96. The first kappa shape index (κ1) is 25.6. The van der Waals surface area contributed by atoms with Gasteiger partial charge in [-0.25, -0.2) is 13.9 Å². The first-order valence-electron chi connectivity index (χ1n) is 12.1. The minimum Gasteiger partial charge on any atom is -0.475 e. The van der Waals surface area contributed by atoms with E-state index in [1.54, 1.807) is 0 Å². The van der Waals surface area contributed by atoms with E-state index in [9.17, 15) is 0 Å². The molecule has 2 aromatic heterocycles. The van der Waals surface area contributed by atoms with Gasteiger partial charge < -0.3 is 18.9 Å². The molecule has 0 radical (unpaired) electrons. The second-order valence-electron chi connectivity index (χ2n) is 8.65. The zero-order valence-corrected chi connectivity index (χ0v) is 21.6. The standard InChI is InChI=1S/C27H29FN4O4S/c1-3-34-25-24-29-14-22(32(24)31-26(30-25)37-2)27(28)18-36-21(17-33-15-19-10-6-4-7-11-19)23(27)35-16-20-12-8-5-9-13-20/h4-14,21,23H,3,15-18H2,1-2H3/t21-,23-,27?/m1/s1. The Morgan fingerprint density at radius 2 is 1.78 bits per heavy atom. The highest BCUT2D eigenvalue weighted by Crippen LogP contribution is 2.41. The van der Waals surface area contributed by atoms with Crippen LogP contribution < -0.4 is 4.74 Å². The van der Waals surface area contributed by atoms with E-state index in [2.05, 4.69) is 15.1 Å². The Morgan fingerprint density at radius 1 is 1.08 bits per heavy atom. The summed E-state index contributed by atoms with van der Waals surface area (Å²) < 4.78 is 42.3. The molecular weight excluding hydrogens is 495 g/mol. The van der Waals surface area contributed by atoms with Gasteiger partial charge >= 0.3 is 0 Å². The van der Waals surface area contributed by atoms with Crippen molar-refractivity contribution in [3.05, 3.63) is 83.7 Å². The molecule has 1 saturated heterocycles. The molecule has 37 heavy (non-hydrogen) atoms. The van der Waals surface area contributed by atoms with E-state index in [0.717, 1.165) is 11.1 Å². The summed E-state index contributed by atoms with van der Waals surface area (Å²) in [5.74, 6) is 0.306. The smallest absolute Gasteiger partial charge is 0.262 e. The highest BCUT2D eigenvalue weighted by Gasteiger charge is 2.55. The summed E-state index contributed by atoms with van der Waals surface area (Å²) in [5.41, 5.74) is 0.509. The molecule has 1 unspecified atom stereocenters. The topological polar surface area (TPSA) is 80.0 Å². The van der Waals surface area contributed by atoms with Gasteiger partial charge in [-0.15, -0.1) is 5.10 Å². The van der Waals surface area contributed by atoms with Gasteiger partial charge in [-0.05, 0) is 24.3 Å². The molecule has 0 spiro atoms. The summed E-state index contributed by atoms with van der Waals surface area (Å²) in [4.78, 5) is 8.80. The van der Waals surface area contributed by atoms with Crippen molar-refractivity contribution in [3.63, 3.8) is 0 Å². The van der Waals surface area contributed by atoms with Crippen LogP contribution in [0.3, 0.4) is 0 Å². The maximum absolute atomic E-state index is 17.1. The van der Waals surface area contributed by atoms with E-state index in [1.807, 2.05) is 73.8 Å². The molecule has 1 fully saturated rings. The Hall–Kier alpha value is -3.05. The van der Waals surface area contributed by atoms with Crippen molar-refractivity contribution in [1.82, 2.24) is 19.6 Å². The molecule has 2 aromatic carbocycles. The molecule has 0 aliphatic carbocycles. The van der Waals surface area contributed by atoms with Crippen molar-refractivity contribution in [3.8, 4) is 5.88 Å². The first-order chi connectivity index (χ1) is 18.1. The lowest BCUT2D eigenvalue weighted by atomic mass is 9.95. The van der Waals surface area contributed by atoms with Gasteiger partial charge in [0.25, 0.3) is 5.88 Å². The number of fused-ring (bicyclic) bond motifs is 1. The predicted octanol–water partition coefficient (Wildman–Crippen LogP) is 4.61. The van der Waals surface area contributed by atoms with Crippen LogP contribution in [0.4, 0.5) is 4.39 Å². The van der Waals surface area contributed by atoms with Crippen LogP contribution in [0, 0.1) is 0 Å². The van der Waals surface area contributed by atoms with Crippen molar-refractivity contribution < 1.29 is 23.3 Å². The third kappa shape index (κ3) is 5.47. The van der Waals surface area contributed by atoms with Crippen LogP contribution in [0.1, 0.15) is 23.7 Å². The summed E-state index contributed by atoms with van der Waals surface area (Å²) in [6.07, 6.45) is 1.73. The van der Waals surface area contributed by atoms with Crippen LogP contribution in [0.2, 0.25) is 0 Å². The molecule has 3 heterocycles. The maximum atomic E-state index is 17.1. The second kappa shape index (κ2) is 11.6. The Kier molecular flexibility index (Phi) is 7.99. The molecule has 0 amide bonds. The summed E-state index contributed by atoms with van der Waals surface area (Å²) in [6, 6.07) is 19.5. The molecule has 0 saturated carbocycles. The fourth-order valence-electron chi connectivity index (χ4n) is 4.36. The molecule has 0 N–H and O–H groups in total. The number of hydrogen-bond acceptors (Lipinski definition) is 8. The van der Waals surface area contributed by atoms with Gasteiger partial charge in [-0.3, -0.25) is 0 Å². The average molecular weight is 525 g/mol. The minimum absolute atomic E-state index is 0.173. The lowest BCUT2D eigenvalue weighted by Gasteiger charge is -2.28. The first-order valence-corrected chi connectivity index (χ1v) is 13.4. The van der Waals surface area contributed by atoms with Crippen LogP contribution in [-0.4, -0.2) is 57.9 Å². The molecule has 1 aliphatic heterocycles. The Balaban J connectivity index is 1.44. The number of alkyl halides is 1. The van der Waals surface area contributed by atoms with Crippen LogP contribution >= 0.6 is 11.8 Å². The number of hydrogen-bond donors (Lipinski definition) is 0. The third-order valence-electron chi connectivity index (χ3n) is 6.16. The van der Waals surface area contributed by atoms with Crippen molar-refractivity contribution >= 4 is 17.4 Å². The molecule has 0 bridgehead atoms. The molecule has 194 valence electrons. The van der Waals surface area contributed by atoms with E-state index < -0.39 is 17.9 Å². The van der Waals surface area contributed by atoms with E-state index in [-0.39, 0.29) is 25.5 Å². The average Bonchev–Trinajstić information content (AvgIpc) is 3.51. The van der Waals surface area contributed by atoms with Crippen LogP contribution in [0.25, 0.3) is 5.65 Å². The zero-order chi connectivity index (χ0) is 25.7. The fourth-order valence-corrected chi connectivity index (χ4v) is 4.69. The molecule has 10 heteroatoms. The number of imidazole rings is 1. The van der Waals surface area contributed by atoms with Gasteiger partial charge in [0.15, 0.2) is 0 Å². The Morgan fingerprint density at radius 3 is 2.46 bits per heavy atom. The molecule has 4 aromatic rings. The predicted molar refractivity (Wildman–Crippen MR) is 137 cm³/mol. The highest BCUT2D eigenvalue weighted by atomic mass is 32.2. The number of benzene rings is 2. The molecule has 8 nitrogen and oxygen atoms in total. The third-order valence-corrected chi connectivity index (χ3v) is 6.70. The summed E-state index contributed by atoms with van der Waals surface area (Å²) >= 11 is 1.34. The Labute approximate surface area is 219 Å².